The van der Waals surface area contributed by atoms with Gasteiger partial charge in [-0.3, -0.25) is 23.4 Å². The van der Waals surface area contributed by atoms with Gasteiger partial charge in [-0.15, -0.1) is 0 Å². The summed E-state index contributed by atoms with van der Waals surface area (Å²) in [6, 6.07) is -1.57. The summed E-state index contributed by atoms with van der Waals surface area (Å²) in [5.74, 6) is -2.70. The number of carbonyl (C=O) groups excluding carboxylic acids is 2. The fourth-order valence-electron chi connectivity index (χ4n) is 5.40. The molecule has 6 N–H and O–H groups in total. The molecule has 0 rings (SSSR count). The van der Waals surface area contributed by atoms with Crippen LogP contribution in [-0.2, 0) is 37.5 Å². The molecule has 0 radical (unpaired) electrons. The molecule has 0 aromatic carbocycles. The number of hydrogen-bond acceptors (Lipinski definition) is 11. The summed E-state index contributed by atoms with van der Waals surface area (Å²) in [5.41, 5.74) is 5.31. The number of phosphoric acid groups is 1. The molecule has 0 aliphatic heterocycles. The van der Waals surface area contributed by atoms with Crippen molar-refractivity contribution in [1.82, 2.24) is 0 Å². The maximum Gasteiger partial charge on any atom is 0.472 e. The topological polar surface area (TPSA) is 212 Å². The van der Waals surface area contributed by atoms with E-state index in [-0.39, 0.29) is 32.1 Å². The first-order chi connectivity index (χ1) is 26.4. The fraction of sp³-hybridized carbons (Fsp3) is 0.780. The Kier molecular flexibility index (Phi) is 34.4. The molecule has 0 aromatic rings. The van der Waals surface area contributed by atoms with Crippen LogP contribution in [0, 0.1) is 0 Å². The standard InChI is InChI=1S/C41H74NO12P/c1-3-5-7-9-11-13-15-17-19-21-23-25-28-37(43)38(44)29-27-31-40(46)54-35(33-52-55(49,50)53-34-36(42)41(47)48)32-51-39(45)30-26-24-22-20-18-16-14-12-10-8-6-4-2/h11,13,17,19,23,25,35-38,43-44H,3-10,12,14-16,18,20-22,24,26-34,42H2,1-2H3,(H,47,48)(H,49,50)/b13-11-,19-17-,25-23-/t35-,36+,37?,38?/m1/s1. The fourth-order valence-corrected chi connectivity index (χ4v) is 6.18. The van der Waals surface area contributed by atoms with Gasteiger partial charge in [-0.05, 0) is 51.4 Å². The number of carboxylic acid groups (broad SMARTS) is 1. The zero-order valence-corrected chi connectivity index (χ0v) is 34.6. The number of unbranched alkanes of at least 4 members (excludes halogenated alkanes) is 14. The number of phosphoric ester groups is 1. The summed E-state index contributed by atoms with van der Waals surface area (Å²) < 4.78 is 32.4. The lowest BCUT2D eigenvalue weighted by Crippen LogP contribution is -2.34. The van der Waals surface area contributed by atoms with Crippen molar-refractivity contribution in [3.63, 3.8) is 0 Å². The van der Waals surface area contributed by atoms with Crippen LogP contribution in [0.5, 0.6) is 0 Å². The van der Waals surface area contributed by atoms with Gasteiger partial charge in [0.05, 0.1) is 25.4 Å². The Hall–Kier alpha value is -2.38. The highest BCUT2D eigenvalue weighted by Crippen LogP contribution is 2.43. The number of aliphatic hydroxyl groups is 2. The number of carbonyl (C=O) groups is 3. The second-order valence-corrected chi connectivity index (χ2v) is 15.5. The summed E-state index contributed by atoms with van der Waals surface area (Å²) in [4.78, 5) is 45.9. The summed E-state index contributed by atoms with van der Waals surface area (Å²) in [6.07, 6.45) is 29.6. The maximum atomic E-state index is 12.6. The Bertz CT molecular complexity index is 1110. The normalized spacial score (nSPS) is 15.3. The van der Waals surface area contributed by atoms with Crippen LogP contribution in [0.3, 0.4) is 0 Å². The van der Waals surface area contributed by atoms with E-state index in [9.17, 15) is 34.1 Å². The summed E-state index contributed by atoms with van der Waals surface area (Å²) in [7, 11) is -4.79. The highest BCUT2D eigenvalue weighted by molar-refractivity contribution is 7.47. The minimum Gasteiger partial charge on any atom is -0.480 e. The molecule has 0 saturated heterocycles. The molecule has 0 heterocycles. The van der Waals surface area contributed by atoms with Crippen molar-refractivity contribution in [2.45, 2.75) is 186 Å². The zero-order chi connectivity index (χ0) is 41.0. The van der Waals surface area contributed by atoms with Gasteiger partial charge in [0, 0.05) is 12.8 Å². The third kappa shape index (κ3) is 34.6. The van der Waals surface area contributed by atoms with Gasteiger partial charge >= 0.3 is 25.7 Å². The van der Waals surface area contributed by atoms with Gasteiger partial charge in [0.1, 0.15) is 12.6 Å². The van der Waals surface area contributed by atoms with Gasteiger partial charge < -0.3 is 35.4 Å². The van der Waals surface area contributed by atoms with Gasteiger partial charge in [0.2, 0.25) is 0 Å². The minimum absolute atomic E-state index is 0.118. The van der Waals surface area contributed by atoms with Crippen LogP contribution in [-0.4, -0.2) is 82.3 Å². The van der Waals surface area contributed by atoms with Crippen LogP contribution in [0.2, 0.25) is 0 Å². The highest BCUT2D eigenvalue weighted by Gasteiger charge is 2.28. The van der Waals surface area contributed by atoms with E-state index in [1.165, 1.54) is 70.6 Å². The molecule has 13 nitrogen and oxygen atoms in total. The van der Waals surface area contributed by atoms with Crippen molar-refractivity contribution in [2.75, 3.05) is 19.8 Å². The van der Waals surface area contributed by atoms with Crippen LogP contribution in [0.25, 0.3) is 0 Å². The van der Waals surface area contributed by atoms with E-state index in [1.807, 2.05) is 12.2 Å². The van der Waals surface area contributed by atoms with E-state index in [0.717, 1.165) is 32.1 Å². The van der Waals surface area contributed by atoms with Gasteiger partial charge in [0.25, 0.3) is 0 Å². The second-order valence-electron chi connectivity index (χ2n) is 14.1. The van der Waals surface area contributed by atoms with Gasteiger partial charge in [0.15, 0.2) is 6.10 Å². The summed E-state index contributed by atoms with van der Waals surface area (Å²) in [6.45, 7) is 2.46. The number of carboxylic acids is 1. The molecular formula is C41H74NO12P. The number of aliphatic hydroxyl groups excluding tert-OH is 2. The van der Waals surface area contributed by atoms with Gasteiger partial charge in [-0.1, -0.05) is 134 Å². The van der Waals surface area contributed by atoms with E-state index < -0.39 is 69.9 Å². The minimum atomic E-state index is -4.79. The summed E-state index contributed by atoms with van der Waals surface area (Å²) >= 11 is 0. The predicted octanol–water partition coefficient (Wildman–Crippen LogP) is 8.39. The molecule has 0 spiro atoms. The van der Waals surface area contributed by atoms with Crippen LogP contribution in [0.1, 0.15) is 162 Å². The molecule has 0 fully saturated rings. The van der Waals surface area contributed by atoms with Crippen molar-refractivity contribution in [2.24, 2.45) is 5.73 Å². The number of rotatable bonds is 38. The predicted molar refractivity (Wildman–Crippen MR) is 215 cm³/mol. The number of ether oxygens (including phenoxy) is 2. The maximum absolute atomic E-state index is 12.6. The number of hydrogen-bond donors (Lipinski definition) is 5. The Morgan fingerprint density at radius 1 is 0.636 bits per heavy atom. The number of esters is 2. The molecule has 55 heavy (non-hydrogen) atoms. The average molecular weight is 804 g/mol. The second kappa shape index (κ2) is 36.0. The zero-order valence-electron chi connectivity index (χ0n) is 33.7. The molecule has 0 amide bonds. The average Bonchev–Trinajstić information content (AvgIpc) is 3.15. The molecule has 0 saturated carbocycles. The molecule has 5 atom stereocenters. The molecule has 0 aliphatic carbocycles. The molecular weight excluding hydrogens is 729 g/mol. The third-order valence-electron chi connectivity index (χ3n) is 8.84. The lowest BCUT2D eigenvalue weighted by atomic mass is 10.0. The van der Waals surface area contributed by atoms with E-state index in [2.05, 4.69) is 36.6 Å². The van der Waals surface area contributed by atoms with Crippen molar-refractivity contribution < 1.29 is 57.7 Å². The first-order valence-corrected chi connectivity index (χ1v) is 22.2. The van der Waals surface area contributed by atoms with E-state index in [4.69, 9.17) is 24.8 Å². The van der Waals surface area contributed by atoms with Crippen molar-refractivity contribution in [3.05, 3.63) is 36.5 Å². The highest BCUT2D eigenvalue weighted by atomic mass is 31.2. The smallest absolute Gasteiger partial charge is 0.472 e. The first-order valence-electron chi connectivity index (χ1n) is 20.7. The van der Waals surface area contributed by atoms with Crippen molar-refractivity contribution in [3.8, 4) is 0 Å². The molecule has 0 aromatic heterocycles. The monoisotopic (exact) mass is 803 g/mol. The molecule has 0 bridgehead atoms. The van der Waals surface area contributed by atoms with Crippen molar-refractivity contribution in [1.29, 1.82) is 0 Å². The third-order valence-corrected chi connectivity index (χ3v) is 9.79. The van der Waals surface area contributed by atoms with Crippen LogP contribution in [0.15, 0.2) is 36.5 Å². The lowest BCUT2D eigenvalue weighted by Gasteiger charge is -2.20. The van der Waals surface area contributed by atoms with Gasteiger partial charge in [-0.2, -0.15) is 0 Å². The Balaban J connectivity index is 4.66. The molecule has 0 aliphatic rings. The quantitative estimate of drug-likeness (QED) is 0.0172. The van der Waals surface area contributed by atoms with E-state index in [1.54, 1.807) is 6.08 Å². The van der Waals surface area contributed by atoms with Crippen LogP contribution < -0.4 is 5.73 Å². The molecule has 14 heteroatoms. The van der Waals surface area contributed by atoms with Crippen LogP contribution >= 0.6 is 7.82 Å². The number of nitrogens with two attached hydrogens (primary N) is 1. The van der Waals surface area contributed by atoms with E-state index in [0.29, 0.717) is 12.8 Å². The molecule has 3 unspecified atom stereocenters. The molecule has 320 valence electrons. The van der Waals surface area contributed by atoms with E-state index >= 15 is 0 Å². The Morgan fingerprint density at radius 3 is 1.75 bits per heavy atom. The number of aliphatic carboxylic acids is 1. The summed E-state index contributed by atoms with van der Waals surface area (Å²) in [5, 5.41) is 29.6. The first kappa shape index (κ1) is 52.6. The SMILES string of the molecule is CCCCC/C=C\C/C=C\C/C=C\CC(O)C(O)CCCC(=O)O[C@H](COC(=O)CCCCCCCCCCCCCC)COP(=O)(O)OC[C@H](N)C(=O)O. The lowest BCUT2D eigenvalue weighted by molar-refractivity contribution is -0.161. The Labute approximate surface area is 330 Å². The number of allylic oxidation sites excluding steroid dienone is 5. The van der Waals surface area contributed by atoms with Gasteiger partial charge in [-0.25, -0.2) is 4.57 Å². The van der Waals surface area contributed by atoms with Crippen LogP contribution in [0.4, 0.5) is 0 Å². The largest absolute Gasteiger partial charge is 0.480 e. The van der Waals surface area contributed by atoms with Crippen molar-refractivity contribution >= 4 is 25.7 Å². The Morgan fingerprint density at radius 2 is 1.15 bits per heavy atom.